The minimum absolute atomic E-state index is 0.444. The highest BCUT2D eigenvalue weighted by Crippen LogP contribution is 2.36. The molecule has 5 aromatic carbocycles. The summed E-state index contributed by atoms with van der Waals surface area (Å²) in [6.07, 6.45) is -1.63. The SMILES string of the molecule is [2H]c1nc([2H])c2c(c1[2H])c1c([2H])c([2H])c([2H])c([2H])c1n2-c1c([2H])c([2H])c([2H])c([2H])c1-c1nc(-c2c([2H])c([2H])c([2H])c([2H])c2[2H])nc(-n2c3c([2H])c([2H])c([2H])c([2H])c3c3c([2H])c([2H])c([2H])c([2H])c32)n1. The van der Waals surface area contributed by atoms with Crippen molar-refractivity contribution in [2.75, 3.05) is 0 Å². The van der Waals surface area contributed by atoms with Crippen molar-refractivity contribution in [2.45, 2.75) is 0 Å². The van der Waals surface area contributed by atoms with Gasteiger partial charge in [0.25, 0.3) is 0 Å². The maximum Gasteiger partial charge on any atom is 0.238 e. The number of aromatic nitrogens is 6. The third kappa shape index (κ3) is 3.68. The number of pyridine rings is 1. The highest BCUT2D eigenvalue weighted by Gasteiger charge is 2.20. The minimum Gasteiger partial charge on any atom is -0.307 e. The predicted molar refractivity (Wildman–Crippen MR) is 177 cm³/mol. The Morgan fingerprint density at radius 1 is 0.455 bits per heavy atom. The highest BCUT2D eigenvalue weighted by molar-refractivity contribution is 6.10. The van der Waals surface area contributed by atoms with E-state index < -0.39 is 223 Å². The molecule has 0 radical (unpaired) electrons. The summed E-state index contributed by atoms with van der Waals surface area (Å²) in [5.41, 5.74) is -4.56. The first-order valence-corrected chi connectivity index (χ1v) is 12.6. The molecular formula is C38H24N6. The fourth-order valence-electron chi connectivity index (χ4n) is 4.92. The molecular weight excluding hydrogens is 540 g/mol. The molecule has 206 valence electrons. The van der Waals surface area contributed by atoms with Crippen molar-refractivity contribution < 1.29 is 32.9 Å². The number of rotatable bonds is 4. The highest BCUT2D eigenvalue weighted by atomic mass is 15.2. The molecule has 0 N–H and O–H groups in total. The Labute approximate surface area is 286 Å². The van der Waals surface area contributed by atoms with Crippen LogP contribution in [0, 0.1) is 0 Å². The predicted octanol–water partition coefficient (Wildman–Crippen LogP) is 8.79. The Morgan fingerprint density at radius 3 is 1.70 bits per heavy atom. The Bertz CT molecular complexity index is 3760. The molecule has 0 atom stereocenters. The van der Waals surface area contributed by atoms with Gasteiger partial charge in [-0.1, -0.05) is 96.7 Å². The van der Waals surface area contributed by atoms with Gasteiger partial charge in [0.05, 0.1) is 66.8 Å². The normalized spacial score (nSPS) is 19.3. The van der Waals surface area contributed by atoms with Crippen LogP contribution in [0.25, 0.3) is 78.0 Å². The molecule has 0 aliphatic carbocycles. The van der Waals surface area contributed by atoms with Crippen LogP contribution in [0.5, 0.6) is 0 Å². The van der Waals surface area contributed by atoms with E-state index in [1.807, 2.05) is 0 Å². The summed E-state index contributed by atoms with van der Waals surface area (Å²) in [4.78, 5) is 17.1. The summed E-state index contributed by atoms with van der Waals surface area (Å²) in [5.74, 6) is -2.60. The summed E-state index contributed by atoms with van der Waals surface area (Å²) in [6.45, 7) is 0. The molecule has 9 rings (SSSR count). The molecule has 0 fully saturated rings. The Kier molecular flexibility index (Phi) is 2.33. The molecule has 0 saturated heterocycles. The van der Waals surface area contributed by atoms with Gasteiger partial charge in [-0.05, 0) is 36.3 Å². The van der Waals surface area contributed by atoms with Crippen molar-refractivity contribution in [1.82, 2.24) is 29.1 Å². The van der Waals surface area contributed by atoms with E-state index in [1.54, 1.807) is 0 Å². The van der Waals surface area contributed by atoms with Crippen LogP contribution in [-0.4, -0.2) is 29.1 Å². The lowest BCUT2D eigenvalue weighted by Crippen LogP contribution is -2.07. The molecule has 4 heterocycles. The van der Waals surface area contributed by atoms with Gasteiger partial charge in [0.15, 0.2) is 11.6 Å². The molecule has 0 unspecified atom stereocenters. The van der Waals surface area contributed by atoms with Gasteiger partial charge in [-0.25, -0.2) is 4.98 Å². The van der Waals surface area contributed by atoms with Gasteiger partial charge in [-0.15, -0.1) is 0 Å². The monoisotopic (exact) mass is 588 g/mol. The van der Waals surface area contributed by atoms with Crippen molar-refractivity contribution in [3.63, 3.8) is 0 Å². The van der Waals surface area contributed by atoms with E-state index in [-0.39, 0.29) is 0 Å². The van der Waals surface area contributed by atoms with Gasteiger partial charge in [-0.2, -0.15) is 9.97 Å². The molecule has 0 aliphatic heterocycles. The zero-order valence-corrected chi connectivity index (χ0v) is 21.7. The molecule has 0 spiro atoms. The Hall–Kier alpha value is -6.14. The zero-order chi connectivity index (χ0) is 49.9. The maximum absolute atomic E-state index is 9.37. The van der Waals surface area contributed by atoms with Crippen molar-refractivity contribution in [3.8, 4) is 34.4 Å². The lowest BCUT2D eigenvalue weighted by Gasteiger charge is -2.15. The average Bonchev–Trinajstić information content (AvgIpc) is 3.86. The minimum atomic E-state index is -1.00. The van der Waals surface area contributed by atoms with Crippen LogP contribution < -0.4 is 0 Å². The fourth-order valence-corrected chi connectivity index (χ4v) is 4.92. The lowest BCUT2D eigenvalue weighted by atomic mass is 10.1. The topological polar surface area (TPSA) is 61.4 Å². The summed E-state index contributed by atoms with van der Waals surface area (Å²) in [6, 6.07) is -19.0. The summed E-state index contributed by atoms with van der Waals surface area (Å²) in [5, 5.41) is -1.81. The third-order valence-electron chi connectivity index (χ3n) is 6.70. The molecule has 6 nitrogen and oxygen atoms in total. The smallest absolute Gasteiger partial charge is 0.238 e. The zero-order valence-electron chi connectivity index (χ0n) is 45.7. The maximum atomic E-state index is 9.37. The van der Waals surface area contributed by atoms with Gasteiger partial charge < -0.3 is 4.57 Å². The van der Waals surface area contributed by atoms with Crippen LogP contribution in [0.2, 0.25) is 0 Å². The van der Waals surface area contributed by atoms with E-state index in [1.165, 1.54) is 0 Å². The number of fused-ring (bicyclic) bond motifs is 6. The fraction of sp³-hybridized carbons (Fsp3) is 0. The van der Waals surface area contributed by atoms with E-state index in [0.717, 1.165) is 9.13 Å². The lowest BCUT2D eigenvalue weighted by molar-refractivity contribution is 0.951. The molecule has 4 aromatic heterocycles. The molecule has 9 aromatic rings. The number of para-hydroxylation sites is 4. The van der Waals surface area contributed by atoms with Crippen molar-refractivity contribution in [2.24, 2.45) is 0 Å². The standard InChI is InChI=1S/C38H24N6/c1-2-12-25(13-3-1)36-40-37(42-38(41-36)44-32-19-9-5-14-26(32)27-15-6-10-20-33(27)44)30-17-7-11-21-34(30)43-31-18-8-4-16-28(31)29-22-23-39-24-35(29)43/h1-24H/i1D,2D,3D,4D,5D,6D,7D,8D,9D,10D,11D,12D,13D,14D,15D,16D,17D,18D,19D,20D,21D,22D,23D,24D. The Morgan fingerprint density at radius 2 is 1.00 bits per heavy atom. The van der Waals surface area contributed by atoms with Crippen LogP contribution >= 0.6 is 0 Å². The van der Waals surface area contributed by atoms with Gasteiger partial charge in [0.1, 0.15) is 0 Å². The van der Waals surface area contributed by atoms with Gasteiger partial charge >= 0.3 is 0 Å². The first kappa shape index (κ1) is 10.5. The van der Waals surface area contributed by atoms with Crippen LogP contribution in [0.15, 0.2) is 145 Å². The van der Waals surface area contributed by atoms with Crippen molar-refractivity contribution >= 4 is 43.6 Å². The van der Waals surface area contributed by atoms with Crippen LogP contribution in [0.4, 0.5) is 0 Å². The van der Waals surface area contributed by atoms with Gasteiger partial charge in [0, 0.05) is 38.8 Å². The largest absolute Gasteiger partial charge is 0.307 e. The van der Waals surface area contributed by atoms with Gasteiger partial charge in [0.2, 0.25) is 5.95 Å². The summed E-state index contributed by atoms with van der Waals surface area (Å²) >= 11 is 0. The van der Waals surface area contributed by atoms with E-state index in [0.29, 0.717) is 0 Å². The summed E-state index contributed by atoms with van der Waals surface area (Å²) < 4.78 is 212. The van der Waals surface area contributed by atoms with E-state index in [2.05, 4.69) is 19.9 Å². The van der Waals surface area contributed by atoms with Crippen LogP contribution in [-0.2, 0) is 0 Å². The Balaban J connectivity index is 1.58. The second-order valence-electron chi connectivity index (χ2n) is 9.03. The molecule has 44 heavy (non-hydrogen) atoms. The van der Waals surface area contributed by atoms with Gasteiger partial charge in [-0.3, -0.25) is 9.55 Å². The number of hydrogen-bond donors (Lipinski definition) is 0. The number of hydrogen-bond acceptors (Lipinski definition) is 4. The summed E-state index contributed by atoms with van der Waals surface area (Å²) in [7, 11) is 0. The van der Waals surface area contributed by atoms with E-state index >= 15 is 0 Å². The van der Waals surface area contributed by atoms with Crippen molar-refractivity contribution in [3.05, 3.63) is 145 Å². The van der Waals surface area contributed by atoms with Crippen LogP contribution in [0.1, 0.15) is 32.9 Å². The number of benzene rings is 5. The first-order chi connectivity index (χ1) is 31.8. The molecule has 0 amide bonds. The second kappa shape index (κ2) is 9.71. The molecule has 0 aliphatic rings. The number of nitrogens with zero attached hydrogens (tertiary/aromatic N) is 6. The quantitative estimate of drug-likeness (QED) is 0.206. The van der Waals surface area contributed by atoms with Crippen LogP contribution in [0.3, 0.4) is 0 Å². The molecule has 0 saturated carbocycles. The molecule has 6 heteroatoms. The second-order valence-corrected chi connectivity index (χ2v) is 9.03. The average molecular weight is 589 g/mol. The molecule has 0 bridgehead atoms. The van der Waals surface area contributed by atoms with E-state index in [4.69, 9.17) is 30.2 Å². The first-order valence-electron chi connectivity index (χ1n) is 24.6. The third-order valence-corrected chi connectivity index (χ3v) is 6.70. The van der Waals surface area contributed by atoms with E-state index in [9.17, 15) is 2.74 Å². The van der Waals surface area contributed by atoms with Crippen molar-refractivity contribution in [1.29, 1.82) is 0 Å².